The summed E-state index contributed by atoms with van der Waals surface area (Å²) in [4.78, 5) is 15.2. The minimum absolute atomic E-state index is 0.608. The molecule has 5 nitrogen and oxygen atoms in total. The molecule has 3 heterocycles. The zero-order valence-corrected chi connectivity index (χ0v) is 26.9. The Morgan fingerprint density at radius 3 is 1.70 bits per heavy atom. The highest BCUT2D eigenvalue weighted by Crippen LogP contribution is 2.41. The molecule has 0 aliphatic carbocycles. The molecule has 0 fully saturated rings. The summed E-state index contributed by atoms with van der Waals surface area (Å²) in [7, 11) is 0. The largest absolute Gasteiger partial charge is 0.454 e. The standard InChI is InChI=1S/C45H28N4O/c1-4-14-29(15-5-1)32-26-27-34-36-22-13-25-39(42(36)50-40(34)28-32)49-38-24-11-10-20-33(38)35-21-12-23-37(41(35)49)45-47-43(30-16-6-2-7-17-30)46-44(48-45)31-18-8-3-9-19-31/h1-28H. The molecule has 0 aliphatic heterocycles. The molecule has 0 N–H and O–H groups in total. The van der Waals surface area contributed by atoms with E-state index < -0.39 is 0 Å². The first-order valence-corrected chi connectivity index (χ1v) is 16.7. The highest BCUT2D eigenvalue weighted by Gasteiger charge is 2.22. The Labute approximate surface area is 287 Å². The van der Waals surface area contributed by atoms with E-state index >= 15 is 0 Å². The molecular weight excluding hydrogens is 613 g/mol. The number of fused-ring (bicyclic) bond motifs is 6. The Balaban J connectivity index is 1.26. The van der Waals surface area contributed by atoms with Gasteiger partial charge in [-0.3, -0.25) is 0 Å². The highest BCUT2D eigenvalue weighted by atomic mass is 16.3. The predicted molar refractivity (Wildman–Crippen MR) is 203 cm³/mol. The van der Waals surface area contributed by atoms with Gasteiger partial charge in [-0.1, -0.05) is 140 Å². The Kier molecular flexibility index (Phi) is 6.42. The maximum Gasteiger partial charge on any atom is 0.166 e. The van der Waals surface area contributed by atoms with E-state index in [2.05, 4.69) is 108 Å². The molecule has 0 aliphatic rings. The third kappa shape index (κ3) is 4.52. The molecule has 7 aromatic carbocycles. The first-order valence-electron chi connectivity index (χ1n) is 16.7. The van der Waals surface area contributed by atoms with Crippen LogP contribution in [0.3, 0.4) is 0 Å². The second kappa shape index (κ2) is 11.4. The lowest BCUT2D eigenvalue weighted by atomic mass is 10.0. The van der Waals surface area contributed by atoms with Crippen molar-refractivity contribution in [3.63, 3.8) is 0 Å². The van der Waals surface area contributed by atoms with Crippen LogP contribution >= 0.6 is 0 Å². The summed E-state index contributed by atoms with van der Waals surface area (Å²) in [6.45, 7) is 0. The summed E-state index contributed by atoms with van der Waals surface area (Å²) in [5.41, 5.74) is 9.79. The van der Waals surface area contributed by atoms with Gasteiger partial charge < -0.3 is 8.98 Å². The molecule has 0 atom stereocenters. The van der Waals surface area contributed by atoms with Crippen molar-refractivity contribution < 1.29 is 4.42 Å². The molecule has 234 valence electrons. The van der Waals surface area contributed by atoms with E-state index in [1.165, 1.54) is 0 Å². The molecule has 0 radical (unpaired) electrons. The van der Waals surface area contributed by atoms with E-state index in [-0.39, 0.29) is 0 Å². The first-order chi connectivity index (χ1) is 24.8. The maximum atomic E-state index is 6.80. The zero-order valence-electron chi connectivity index (χ0n) is 26.9. The molecule has 5 heteroatoms. The smallest absolute Gasteiger partial charge is 0.166 e. The summed E-state index contributed by atoms with van der Waals surface area (Å²) in [6.07, 6.45) is 0. The molecule has 0 amide bonds. The van der Waals surface area contributed by atoms with Gasteiger partial charge in [-0.15, -0.1) is 0 Å². The van der Waals surface area contributed by atoms with Crippen molar-refractivity contribution in [3.8, 4) is 51.0 Å². The van der Waals surface area contributed by atoms with Gasteiger partial charge in [0.1, 0.15) is 5.58 Å². The Morgan fingerprint density at radius 1 is 0.400 bits per heavy atom. The summed E-state index contributed by atoms with van der Waals surface area (Å²) in [5.74, 6) is 1.86. The number of para-hydroxylation sites is 3. The van der Waals surface area contributed by atoms with Gasteiger partial charge in [-0.25, -0.2) is 15.0 Å². The topological polar surface area (TPSA) is 56.7 Å². The van der Waals surface area contributed by atoms with E-state index in [0.29, 0.717) is 17.5 Å². The van der Waals surface area contributed by atoms with Crippen LogP contribution in [0.1, 0.15) is 0 Å². The Hall–Kier alpha value is -6.85. The summed E-state index contributed by atoms with van der Waals surface area (Å²) in [6, 6.07) is 58.4. The number of benzene rings is 7. The predicted octanol–water partition coefficient (Wildman–Crippen LogP) is 11.5. The van der Waals surface area contributed by atoms with Gasteiger partial charge in [0.05, 0.1) is 16.7 Å². The number of nitrogens with zero attached hydrogens (tertiary/aromatic N) is 4. The van der Waals surface area contributed by atoms with Crippen molar-refractivity contribution >= 4 is 43.7 Å². The van der Waals surface area contributed by atoms with Crippen LogP contribution < -0.4 is 0 Å². The summed E-state index contributed by atoms with van der Waals surface area (Å²) in [5, 5.41) is 4.41. The van der Waals surface area contributed by atoms with Crippen LogP contribution in [-0.4, -0.2) is 19.5 Å². The average Bonchev–Trinajstić information content (AvgIpc) is 3.74. The summed E-state index contributed by atoms with van der Waals surface area (Å²) < 4.78 is 9.12. The number of rotatable bonds is 5. The Bertz CT molecular complexity index is 2800. The highest BCUT2D eigenvalue weighted by molar-refractivity contribution is 6.15. The second-order valence-electron chi connectivity index (χ2n) is 12.4. The minimum atomic E-state index is 0.608. The van der Waals surface area contributed by atoms with E-state index in [1.807, 2.05) is 66.7 Å². The molecule has 3 aromatic heterocycles. The molecule has 10 aromatic rings. The fraction of sp³-hybridized carbons (Fsp3) is 0. The molecule has 50 heavy (non-hydrogen) atoms. The lowest BCUT2D eigenvalue weighted by Crippen LogP contribution is -2.02. The van der Waals surface area contributed by atoms with Gasteiger partial charge in [-0.2, -0.15) is 0 Å². The minimum Gasteiger partial charge on any atom is -0.454 e. The first kappa shape index (κ1) is 28.2. The molecule has 0 saturated carbocycles. The molecule has 10 rings (SSSR count). The monoisotopic (exact) mass is 640 g/mol. The van der Waals surface area contributed by atoms with Gasteiger partial charge in [0, 0.05) is 38.2 Å². The number of furan rings is 1. The molecule has 0 unspecified atom stereocenters. The van der Waals surface area contributed by atoms with Gasteiger partial charge >= 0.3 is 0 Å². The van der Waals surface area contributed by atoms with Crippen molar-refractivity contribution in [2.45, 2.75) is 0 Å². The number of hydrogen-bond donors (Lipinski definition) is 0. The van der Waals surface area contributed by atoms with Crippen LogP contribution in [0.15, 0.2) is 174 Å². The molecule has 0 spiro atoms. The normalized spacial score (nSPS) is 11.6. The average molecular weight is 641 g/mol. The van der Waals surface area contributed by atoms with Gasteiger partial charge in [0.2, 0.25) is 0 Å². The second-order valence-corrected chi connectivity index (χ2v) is 12.4. The van der Waals surface area contributed by atoms with Crippen LogP contribution in [0.25, 0.3) is 94.7 Å². The van der Waals surface area contributed by atoms with E-state index in [4.69, 9.17) is 19.4 Å². The van der Waals surface area contributed by atoms with Crippen molar-refractivity contribution in [1.82, 2.24) is 19.5 Å². The quantitative estimate of drug-likeness (QED) is 0.188. The third-order valence-electron chi connectivity index (χ3n) is 9.46. The van der Waals surface area contributed by atoms with Crippen LogP contribution in [0.4, 0.5) is 0 Å². The Morgan fingerprint density at radius 2 is 0.980 bits per heavy atom. The van der Waals surface area contributed by atoms with Crippen LogP contribution in [0, 0.1) is 0 Å². The number of hydrogen-bond acceptors (Lipinski definition) is 4. The van der Waals surface area contributed by atoms with E-state index in [9.17, 15) is 0 Å². The fourth-order valence-electron chi connectivity index (χ4n) is 7.15. The van der Waals surface area contributed by atoms with E-state index in [1.54, 1.807) is 0 Å². The lowest BCUT2D eigenvalue weighted by molar-refractivity contribution is 0.666. The van der Waals surface area contributed by atoms with Crippen molar-refractivity contribution in [3.05, 3.63) is 170 Å². The van der Waals surface area contributed by atoms with Crippen LogP contribution in [0.2, 0.25) is 0 Å². The molecule has 0 saturated heterocycles. The van der Waals surface area contributed by atoms with Crippen LogP contribution in [0.5, 0.6) is 0 Å². The van der Waals surface area contributed by atoms with Gasteiger partial charge in [-0.05, 0) is 41.5 Å². The van der Waals surface area contributed by atoms with E-state index in [0.717, 1.165) is 77.2 Å². The zero-order chi connectivity index (χ0) is 33.0. The van der Waals surface area contributed by atoms with Gasteiger partial charge in [0.15, 0.2) is 23.1 Å². The fourth-order valence-corrected chi connectivity index (χ4v) is 7.15. The number of aromatic nitrogens is 4. The maximum absolute atomic E-state index is 6.80. The molecular formula is C45H28N4O. The SMILES string of the molecule is c1ccc(-c2ccc3c(c2)oc2c(-n4c5ccccc5c5cccc(-c6nc(-c7ccccc7)nc(-c7ccccc7)n6)c54)cccc23)cc1. The summed E-state index contributed by atoms with van der Waals surface area (Å²) >= 11 is 0. The van der Waals surface area contributed by atoms with Crippen molar-refractivity contribution in [2.75, 3.05) is 0 Å². The molecule has 0 bridgehead atoms. The lowest BCUT2D eigenvalue weighted by Gasteiger charge is -2.13. The van der Waals surface area contributed by atoms with Crippen molar-refractivity contribution in [2.24, 2.45) is 0 Å². The third-order valence-corrected chi connectivity index (χ3v) is 9.46. The van der Waals surface area contributed by atoms with Gasteiger partial charge in [0.25, 0.3) is 0 Å². The van der Waals surface area contributed by atoms with Crippen molar-refractivity contribution in [1.29, 1.82) is 0 Å². The van der Waals surface area contributed by atoms with Crippen LogP contribution in [-0.2, 0) is 0 Å².